The summed E-state index contributed by atoms with van der Waals surface area (Å²) in [4.78, 5) is 23.7. The molecular weight excluding hydrogens is 299 g/mol. The maximum Gasteiger partial charge on any atom is 0.471 e. The largest absolute Gasteiger partial charge is 0.471 e. The first-order valence-corrected chi connectivity index (χ1v) is 7.50. The molecule has 5 nitrogen and oxygen atoms in total. The molecule has 1 saturated heterocycles. The number of amides is 2. The fourth-order valence-corrected chi connectivity index (χ4v) is 2.51. The Labute approximate surface area is 128 Å². The molecule has 0 spiro atoms. The molecule has 1 heterocycles. The lowest BCUT2D eigenvalue weighted by atomic mass is 9.96. The number of piperidine rings is 1. The summed E-state index contributed by atoms with van der Waals surface area (Å²) in [7, 11) is 0. The molecule has 0 aromatic heterocycles. The van der Waals surface area contributed by atoms with Gasteiger partial charge in [0.25, 0.3) is 0 Å². The number of nitrogens with one attached hydrogen (secondary N) is 1. The van der Waals surface area contributed by atoms with Crippen molar-refractivity contribution in [1.82, 2.24) is 10.2 Å². The quantitative estimate of drug-likeness (QED) is 0.800. The lowest BCUT2D eigenvalue weighted by Gasteiger charge is -2.32. The second kappa shape index (κ2) is 7.80. The van der Waals surface area contributed by atoms with Crippen molar-refractivity contribution in [2.24, 2.45) is 17.6 Å². The summed E-state index contributed by atoms with van der Waals surface area (Å²) in [6, 6.07) is -0.563. The zero-order chi connectivity index (χ0) is 16.9. The van der Waals surface area contributed by atoms with Crippen LogP contribution >= 0.6 is 0 Å². The number of nitrogens with two attached hydrogens (primary N) is 1. The molecule has 0 bridgehead atoms. The molecule has 1 atom stereocenters. The van der Waals surface area contributed by atoms with Crippen LogP contribution < -0.4 is 11.1 Å². The van der Waals surface area contributed by atoms with Crippen molar-refractivity contribution in [3.63, 3.8) is 0 Å². The van der Waals surface area contributed by atoms with Gasteiger partial charge in [-0.1, -0.05) is 13.8 Å². The number of rotatable bonds is 5. The van der Waals surface area contributed by atoms with Crippen molar-refractivity contribution in [2.75, 3.05) is 19.6 Å². The van der Waals surface area contributed by atoms with E-state index in [0.29, 0.717) is 31.7 Å². The maximum atomic E-state index is 12.3. The van der Waals surface area contributed by atoms with Crippen molar-refractivity contribution in [2.45, 2.75) is 45.3 Å². The zero-order valence-electron chi connectivity index (χ0n) is 12.9. The van der Waals surface area contributed by atoms with Crippen LogP contribution in [0, 0.1) is 11.8 Å². The van der Waals surface area contributed by atoms with Crippen LogP contribution in [-0.2, 0) is 9.59 Å². The summed E-state index contributed by atoms with van der Waals surface area (Å²) < 4.78 is 36.9. The molecule has 8 heteroatoms. The molecule has 3 N–H and O–H groups in total. The van der Waals surface area contributed by atoms with E-state index in [1.807, 2.05) is 13.8 Å². The minimum atomic E-state index is -4.81. The Balaban J connectivity index is 2.32. The van der Waals surface area contributed by atoms with E-state index >= 15 is 0 Å². The Morgan fingerprint density at radius 3 is 2.27 bits per heavy atom. The summed E-state index contributed by atoms with van der Waals surface area (Å²) in [6.45, 7) is 4.47. The highest BCUT2D eigenvalue weighted by molar-refractivity contribution is 5.82. The molecule has 22 heavy (non-hydrogen) atoms. The third kappa shape index (κ3) is 5.82. The molecule has 0 aromatic carbocycles. The van der Waals surface area contributed by atoms with Gasteiger partial charge < -0.3 is 16.0 Å². The summed E-state index contributed by atoms with van der Waals surface area (Å²) in [5.74, 6) is -1.62. The minimum absolute atomic E-state index is 0.0664. The minimum Gasteiger partial charge on any atom is -0.354 e. The molecule has 1 aliphatic heterocycles. The fraction of sp³-hybridized carbons (Fsp3) is 0.857. The normalized spacial score (nSPS) is 18.4. The number of nitrogens with zero attached hydrogens (tertiary/aromatic N) is 1. The lowest BCUT2D eigenvalue weighted by Crippen LogP contribution is -2.48. The smallest absolute Gasteiger partial charge is 0.354 e. The first-order chi connectivity index (χ1) is 10.1. The van der Waals surface area contributed by atoms with Gasteiger partial charge in [0, 0.05) is 19.6 Å². The second-order valence-electron chi connectivity index (χ2n) is 6.21. The number of alkyl halides is 3. The van der Waals surface area contributed by atoms with Gasteiger partial charge in [-0.2, -0.15) is 13.2 Å². The molecule has 0 saturated carbocycles. The standard InChI is InChI=1S/C14H24F3N3O2/c1-9(2)7-11(18)12(21)19-8-10-3-5-20(6-4-10)13(22)14(15,16)17/h9-11H,3-8,18H2,1-2H3,(H,19,21)/t11-/m0/s1. The molecular formula is C14H24F3N3O2. The van der Waals surface area contributed by atoms with Gasteiger partial charge in [0.1, 0.15) is 0 Å². The summed E-state index contributed by atoms with van der Waals surface area (Å²) in [5, 5.41) is 2.74. The second-order valence-corrected chi connectivity index (χ2v) is 6.21. The molecule has 1 fully saturated rings. The Kier molecular flexibility index (Phi) is 6.65. The van der Waals surface area contributed by atoms with Crippen molar-refractivity contribution < 1.29 is 22.8 Å². The van der Waals surface area contributed by atoms with Gasteiger partial charge >= 0.3 is 12.1 Å². The maximum absolute atomic E-state index is 12.3. The van der Waals surface area contributed by atoms with Crippen molar-refractivity contribution in [3.8, 4) is 0 Å². The number of hydrogen-bond donors (Lipinski definition) is 2. The van der Waals surface area contributed by atoms with E-state index in [9.17, 15) is 22.8 Å². The van der Waals surface area contributed by atoms with Crippen LogP contribution in [0.5, 0.6) is 0 Å². The zero-order valence-corrected chi connectivity index (χ0v) is 12.9. The first kappa shape index (κ1) is 18.7. The Morgan fingerprint density at radius 1 is 1.27 bits per heavy atom. The van der Waals surface area contributed by atoms with E-state index in [-0.39, 0.29) is 24.9 Å². The van der Waals surface area contributed by atoms with Gasteiger partial charge in [0.15, 0.2) is 0 Å². The lowest BCUT2D eigenvalue weighted by molar-refractivity contribution is -0.186. The molecule has 0 radical (unpaired) electrons. The molecule has 0 aliphatic carbocycles. The number of carbonyl (C=O) groups is 2. The highest BCUT2D eigenvalue weighted by Crippen LogP contribution is 2.23. The molecule has 128 valence electrons. The van der Waals surface area contributed by atoms with Gasteiger partial charge in [-0.15, -0.1) is 0 Å². The Bertz CT molecular complexity index is 391. The average molecular weight is 323 g/mol. The average Bonchev–Trinajstić information content (AvgIpc) is 2.42. The van der Waals surface area contributed by atoms with Crippen LogP contribution in [-0.4, -0.2) is 48.6 Å². The Morgan fingerprint density at radius 2 is 1.82 bits per heavy atom. The van der Waals surface area contributed by atoms with Gasteiger partial charge in [0.05, 0.1) is 6.04 Å². The number of halogens is 3. The van der Waals surface area contributed by atoms with E-state index in [4.69, 9.17) is 5.73 Å². The monoisotopic (exact) mass is 323 g/mol. The van der Waals surface area contributed by atoms with E-state index in [1.165, 1.54) is 0 Å². The number of likely N-dealkylation sites (tertiary alicyclic amines) is 1. The predicted octanol–water partition coefficient (Wildman–Crippen LogP) is 1.28. The molecule has 1 rings (SSSR count). The Hall–Kier alpha value is -1.31. The van der Waals surface area contributed by atoms with E-state index in [0.717, 1.165) is 4.90 Å². The van der Waals surface area contributed by atoms with E-state index in [1.54, 1.807) is 0 Å². The van der Waals surface area contributed by atoms with Crippen LogP contribution in [0.1, 0.15) is 33.1 Å². The van der Waals surface area contributed by atoms with E-state index < -0.39 is 18.1 Å². The third-order valence-corrected chi connectivity index (χ3v) is 3.77. The third-order valence-electron chi connectivity index (χ3n) is 3.77. The van der Waals surface area contributed by atoms with Crippen LogP contribution in [0.2, 0.25) is 0 Å². The summed E-state index contributed by atoms with van der Waals surface area (Å²) in [5.41, 5.74) is 5.75. The van der Waals surface area contributed by atoms with Crippen LogP contribution in [0.4, 0.5) is 13.2 Å². The number of carbonyl (C=O) groups excluding carboxylic acids is 2. The number of hydrogen-bond acceptors (Lipinski definition) is 3. The highest BCUT2D eigenvalue weighted by Gasteiger charge is 2.43. The topological polar surface area (TPSA) is 75.4 Å². The van der Waals surface area contributed by atoms with Gasteiger partial charge in [-0.3, -0.25) is 9.59 Å². The van der Waals surface area contributed by atoms with Crippen molar-refractivity contribution in [1.29, 1.82) is 0 Å². The summed E-state index contributed by atoms with van der Waals surface area (Å²) >= 11 is 0. The van der Waals surface area contributed by atoms with Crippen molar-refractivity contribution >= 4 is 11.8 Å². The van der Waals surface area contributed by atoms with Crippen molar-refractivity contribution in [3.05, 3.63) is 0 Å². The predicted molar refractivity (Wildman–Crippen MR) is 75.8 cm³/mol. The molecule has 2 amide bonds. The van der Waals surface area contributed by atoms with Gasteiger partial charge in [-0.05, 0) is 31.1 Å². The van der Waals surface area contributed by atoms with Crippen LogP contribution in [0.25, 0.3) is 0 Å². The molecule has 0 unspecified atom stereocenters. The van der Waals surface area contributed by atoms with Gasteiger partial charge in [-0.25, -0.2) is 0 Å². The summed E-state index contributed by atoms with van der Waals surface area (Å²) in [6.07, 6.45) is -3.34. The SMILES string of the molecule is CC(C)C[C@H](N)C(=O)NCC1CCN(C(=O)C(F)(F)F)CC1. The van der Waals surface area contributed by atoms with Crippen LogP contribution in [0.3, 0.4) is 0 Å². The fourth-order valence-electron chi connectivity index (χ4n) is 2.51. The van der Waals surface area contributed by atoms with Crippen LogP contribution in [0.15, 0.2) is 0 Å². The highest BCUT2D eigenvalue weighted by atomic mass is 19.4. The first-order valence-electron chi connectivity index (χ1n) is 7.50. The van der Waals surface area contributed by atoms with E-state index in [2.05, 4.69) is 5.32 Å². The van der Waals surface area contributed by atoms with Gasteiger partial charge in [0.2, 0.25) is 5.91 Å². The molecule has 1 aliphatic rings. The molecule has 0 aromatic rings.